The third kappa shape index (κ3) is 1.61. The first-order valence-corrected chi connectivity index (χ1v) is 6.93. The summed E-state index contributed by atoms with van der Waals surface area (Å²) in [5.74, 6) is 0.539. The molecule has 0 bridgehead atoms. The van der Waals surface area contributed by atoms with E-state index >= 15 is 0 Å². The molecule has 2 aliphatic heterocycles. The van der Waals surface area contributed by atoms with Gasteiger partial charge in [0.05, 0.1) is 11.2 Å². The predicted molar refractivity (Wildman–Crippen MR) is 69.0 cm³/mol. The van der Waals surface area contributed by atoms with Crippen molar-refractivity contribution in [2.75, 3.05) is 13.1 Å². The van der Waals surface area contributed by atoms with Crippen LogP contribution in [0.15, 0.2) is 0 Å². The van der Waals surface area contributed by atoms with Gasteiger partial charge in [0.1, 0.15) is 0 Å². The average Bonchev–Trinajstić information content (AvgIpc) is 2.65. The van der Waals surface area contributed by atoms with E-state index in [0.717, 1.165) is 13.1 Å². The zero-order chi connectivity index (χ0) is 12.3. The third-order valence-electron chi connectivity index (χ3n) is 5.58. The highest BCUT2D eigenvalue weighted by molar-refractivity contribution is 6.48. The minimum Gasteiger partial charge on any atom is -0.403 e. The van der Waals surface area contributed by atoms with Crippen LogP contribution >= 0.6 is 0 Å². The smallest absolute Gasteiger partial charge is 0.403 e. The van der Waals surface area contributed by atoms with Crippen LogP contribution in [0, 0.1) is 5.41 Å². The van der Waals surface area contributed by atoms with E-state index in [4.69, 9.17) is 9.31 Å². The van der Waals surface area contributed by atoms with E-state index in [1.54, 1.807) is 0 Å². The Labute approximate surface area is 105 Å². The highest BCUT2D eigenvalue weighted by Crippen LogP contribution is 2.56. The highest BCUT2D eigenvalue weighted by Gasteiger charge is 2.60. The fourth-order valence-electron chi connectivity index (χ4n) is 3.44. The van der Waals surface area contributed by atoms with E-state index in [-0.39, 0.29) is 18.3 Å². The van der Waals surface area contributed by atoms with Gasteiger partial charge in [-0.25, -0.2) is 0 Å². The summed E-state index contributed by atoms with van der Waals surface area (Å²) in [4.78, 5) is 0. The lowest BCUT2D eigenvalue weighted by atomic mass is 9.51. The minimum absolute atomic E-state index is 0.0182. The maximum atomic E-state index is 6.22. The van der Waals surface area contributed by atoms with Crippen LogP contribution in [0.1, 0.15) is 47.0 Å². The Morgan fingerprint density at radius 1 is 1.06 bits per heavy atom. The summed E-state index contributed by atoms with van der Waals surface area (Å²) in [7, 11) is -0.0182. The number of rotatable bonds is 1. The Bertz CT molecular complexity index is 309. The maximum absolute atomic E-state index is 6.22. The molecule has 2 heterocycles. The quantitative estimate of drug-likeness (QED) is 0.709. The second kappa shape index (κ2) is 3.49. The fourth-order valence-corrected chi connectivity index (χ4v) is 3.44. The lowest BCUT2D eigenvalue weighted by Crippen LogP contribution is -2.42. The summed E-state index contributed by atoms with van der Waals surface area (Å²) in [6, 6.07) is 0. The van der Waals surface area contributed by atoms with E-state index in [1.165, 1.54) is 19.3 Å². The molecule has 1 saturated carbocycles. The van der Waals surface area contributed by atoms with Gasteiger partial charge in [0.25, 0.3) is 0 Å². The van der Waals surface area contributed by atoms with Gasteiger partial charge in [-0.15, -0.1) is 0 Å². The van der Waals surface area contributed by atoms with E-state index in [2.05, 4.69) is 33.0 Å². The van der Waals surface area contributed by atoms with E-state index < -0.39 is 0 Å². The normalized spacial score (nSPS) is 37.4. The molecule has 3 nitrogen and oxygen atoms in total. The average molecular weight is 237 g/mol. The Hall–Kier alpha value is -0.0551. The third-order valence-corrected chi connectivity index (χ3v) is 5.58. The molecule has 17 heavy (non-hydrogen) atoms. The Kier molecular flexibility index (Phi) is 2.46. The molecule has 0 amide bonds. The van der Waals surface area contributed by atoms with Crippen LogP contribution in [0.2, 0.25) is 5.82 Å². The molecule has 3 fully saturated rings. The van der Waals surface area contributed by atoms with Crippen molar-refractivity contribution in [2.45, 2.75) is 64.0 Å². The molecule has 1 atom stereocenters. The molecule has 0 radical (unpaired) electrons. The van der Waals surface area contributed by atoms with Crippen molar-refractivity contribution in [1.82, 2.24) is 5.32 Å². The van der Waals surface area contributed by atoms with Crippen molar-refractivity contribution in [3.63, 3.8) is 0 Å². The van der Waals surface area contributed by atoms with Crippen LogP contribution in [0.4, 0.5) is 0 Å². The van der Waals surface area contributed by atoms with Gasteiger partial charge in [-0.3, -0.25) is 0 Å². The number of hydrogen-bond acceptors (Lipinski definition) is 3. The standard InChI is InChI=1S/C13H24BNO2/c1-11(2)12(3,4)17-14(16-11)10-8-15-9-13(10)6-5-7-13/h10,15H,5-9H2,1-4H3. The molecule has 2 saturated heterocycles. The first-order valence-electron chi connectivity index (χ1n) is 6.93. The second-order valence-corrected chi connectivity index (χ2v) is 7.08. The molecule has 1 spiro atoms. The zero-order valence-corrected chi connectivity index (χ0v) is 11.5. The van der Waals surface area contributed by atoms with Crippen molar-refractivity contribution >= 4 is 7.12 Å². The maximum Gasteiger partial charge on any atom is 0.463 e. The van der Waals surface area contributed by atoms with E-state index in [0.29, 0.717) is 11.2 Å². The van der Waals surface area contributed by atoms with Crippen LogP contribution in [-0.4, -0.2) is 31.4 Å². The Balaban J connectivity index is 1.78. The highest BCUT2D eigenvalue weighted by atomic mass is 16.7. The number of hydrogen-bond donors (Lipinski definition) is 1. The van der Waals surface area contributed by atoms with E-state index in [1.807, 2.05) is 0 Å². The molecule has 96 valence electrons. The molecular formula is C13H24BNO2. The largest absolute Gasteiger partial charge is 0.463 e. The van der Waals surface area contributed by atoms with Crippen molar-refractivity contribution in [2.24, 2.45) is 5.41 Å². The van der Waals surface area contributed by atoms with Crippen LogP contribution in [-0.2, 0) is 9.31 Å². The van der Waals surface area contributed by atoms with Crippen molar-refractivity contribution in [1.29, 1.82) is 0 Å². The Morgan fingerprint density at radius 3 is 2.12 bits per heavy atom. The summed E-state index contributed by atoms with van der Waals surface area (Å²) >= 11 is 0. The molecule has 4 heteroatoms. The second-order valence-electron chi connectivity index (χ2n) is 7.08. The minimum atomic E-state index is -0.189. The van der Waals surface area contributed by atoms with Crippen molar-refractivity contribution < 1.29 is 9.31 Å². The topological polar surface area (TPSA) is 30.5 Å². The predicted octanol–water partition coefficient (Wildman–Crippen LogP) is 2.22. The molecule has 1 N–H and O–H groups in total. The molecule has 0 aromatic heterocycles. The monoisotopic (exact) mass is 237 g/mol. The lowest BCUT2D eigenvalue weighted by molar-refractivity contribution is 0.00578. The van der Waals surface area contributed by atoms with Crippen LogP contribution < -0.4 is 5.32 Å². The molecule has 0 aromatic rings. The molecule has 3 rings (SSSR count). The van der Waals surface area contributed by atoms with Gasteiger partial charge in [-0.1, -0.05) is 6.42 Å². The van der Waals surface area contributed by atoms with Gasteiger partial charge >= 0.3 is 7.12 Å². The zero-order valence-electron chi connectivity index (χ0n) is 11.5. The molecule has 1 unspecified atom stereocenters. The van der Waals surface area contributed by atoms with Gasteiger partial charge in [-0.05, 0) is 52.5 Å². The summed E-state index contributed by atoms with van der Waals surface area (Å²) in [6.07, 6.45) is 4.06. The number of nitrogens with one attached hydrogen (secondary N) is 1. The van der Waals surface area contributed by atoms with Gasteiger partial charge in [-0.2, -0.15) is 0 Å². The van der Waals surface area contributed by atoms with Crippen LogP contribution in [0.3, 0.4) is 0 Å². The van der Waals surface area contributed by atoms with Gasteiger partial charge in [0.15, 0.2) is 0 Å². The first-order chi connectivity index (χ1) is 7.86. The Morgan fingerprint density at radius 2 is 1.65 bits per heavy atom. The van der Waals surface area contributed by atoms with Gasteiger partial charge < -0.3 is 14.6 Å². The molecule has 1 aliphatic carbocycles. The van der Waals surface area contributed by atoms with Crippen LogP contribution in [0.5, 0.6) is 0 Å². The first kappa shape index (κ1) is 12.0. The van der Waals surface area contributed by atoms with Crippen LogP contribution in [0.25, 0.3) is 0 Å². The molecule has 3 aliphatic rings. The van der Waals surface area contributed by atoms with Gasteiger partial charge in [0, 0.05) is 12.4 Å². The fraction of sp³-hybridized carbons (Fsp3) is 1.00. The molecular weight excluding hydrogens is 213 g/mol. The summed E-state index contributed by atoms with van der Waals surface area (Å²) in [5.41, 5.74) is 0.0948. The van der Waals surface area contributed by atoms with Gasteiger partial charge in [0.2, 0.25) is 0 Å². The lowest BCUT2D eigenvalue weighted by Gasteiger charge is -2.43. The summed E-state index contributed by atoms with van der Waals surface area (Å²) < 4.78 is 12.4. The summed E-state index contributed by atoms with van der Waals surface area (Å²) in [6.45, 7) is 10.8. The van der Waals surface area contributed by atoms with E-state index in [9.17, 15) is 0 Å². The molecule has 0 aromatic carbocycles. The summed E-state index contributed by atoms with van der Waals surface area (Å²) in [5, 5.41) is 3.54. The van der Waals surface area contributed by atoms with Crippen molar-refractivity contribution in [3.8, 4) is 0 Å². The SMILES string of the molecule is CC1(C)OB(C2CNCC23CCC3)OC1(C)C. The van der Waals surface area contributed by atoms with Crippen molar-refractivity contribution in [3.05, 3.63) is 0 Å².